The van der Waals surface area contributed by atoms with E-state index in [0.29, 0.717) is 6.07 Å². The van der Waals surface area contributed by atoms with E-state index in [1.54, 1.807) is 0 Å². The van der Waals surface area contributed by atoms with Crippen molar-refractivity contribution >= 4 is 11.7 Å². The maximum absolute atomic E-state index is 12.9. The molecule has 76 valence electrons. The van der Waals surface area contributed by atoms with Crippen molar-refractivity contribution in [3.8, 4) is 0 Å². The van der Waals surface area contributed by atoms with E-state index < -0.39 is 41.1 Å². The number of rotatable bonds is 2. The summed E-state index contributed by atoms with van der Waals surface area (Å²) in [7, 11) is 0. The van der Waals surface area contributed by atoms with Gasteiger partial charge in [-0.3, -0.25) is 4.79 Å². The fourth-order valence-electron chi connectivity index (χ4n) is 0.950. The zero-order valence-corrected chi connectivity index (χ0v) is 6.85. The topological polar surface area (TPSA) is 63.3 Å². The van der Waals surface area contributed by atoms with Gasteiger partial charge >= 0.3 is 5.97 Å². The first-order valence-corrected chi connectivity index (χ1v) is 3.57. The van der Waals surface area contributed by atoms with Gasteiger partial charge in [0, 0.05) is 5.56 Å². The van der Waals surface area contributed by atoms with E-state index in [4.69, 9.17) is 10.8 Å². The third-order valence-electron chi connectivity index (χ3n) is 1.61. The van der Waals surface area contributed by atoms with Gasteiger partial charge < -0.3 is 10.8 Å². The third-order valence-corrected chi connectivity index (χ3v) is 1.61. The van der Waals surface area contributed by atoms with Crippen LogP contribution in [-0.4, -0.2) is 11.1 Å². The van der Waals surface area contributed by atoms with Crippen molar-refractivity contribution < 1.29 is 23.1 Å². The number of carboxylic acid groups (broad SMARTS) is 1. The fraction of sp³-hybridized carbons (Fsp3) is 0.125. The van der Waals surface area contributed by atoms with E-state index in [0.717, 1.165) is 0 Å². The molecule has 0 radical (unpaired) electrons. The van der Waals surface area contributed by atoms with Gasteiger partial charge in [-0.05, 0) is 6.07 Å². The molecule has 0 aliphatic carbocycles. The van der Waals surface area contributed by atoms with Gasteiger partial charge in [0.15, 0.2) is 11.6 Å². The first-order valence-electron chi connectivity index (χ1n) is 3.57. The number of hydrogen-bond acceptors (Lipinski definition) is 2. The number of benzene rings is 1. The molecular formula is C8H6F3NO2. The van der Waals surface area contributed by atoms with E-state index in [-0.39, 0.29) is 0 Å². The Bertz CT molecular complexity index is 393. The molecule has 0 aromatic heterocycles. The zero-order chi connectivity index (χ0) is 10.9. The minimum absolute atomic E-state index is 0.568. The Kier molecular flexibility index (Phi) is 2.64. The van der Waals surface area contributed by atoms with Crippen LogP contribution in [0.5, 0.6) is 0 Å². The van der Waals surface area contributed by atoms with Crippen LogP contribution in [0.15, 0.2) is 6.07 Å². The number of anilines is 1. The SMILES string of the molecule is Nc1c(F)cc(CC(=O)O)c(F)c1F. The summed E-state index contributed by atoms with van der Waals surface area (Å²) in [5, 5.41) is 8.30. The zero-order valence-electron chi connectivity index (χ0n) is 6.85. The highest BCUT2D eigenvalue weighted by Crippen LogP contribution is 2.21. The van der Waals surface area contributed by atoms with E-state index in [9.17, 15) is 18.0 Å². The molecule has 0 spiro atoms. The molecule has 0 bridgehead atoms. The smallest absolute Gasteiger partial charge is 0.307 e. The van der Waals surface area contributed by atoms with Crippen molar-refractivity contribution in [3.05, 3.63) is 29.1 Å². The lowest BCUT2D eigenvalue weighted by atomic mass is 10.1. The minimum Gasteiger partial charge on any atom is -0.481 e. The Morgan fingerprint density at radius 3 is 2.43 bits per heavy atom. The van der Waals surface area contributed by atoms with Gasteiger partial charge in [-0.2, -0.15) is 0 Å². The summed E-state index contributed by atoms with van der Waals surface area (Å²) in [6.07, 6.45) is -0.792. The molecule has 0 aliphatic heterocycles. The summed E-state index contributed by atoms with van der Waals surface area (Å²) in [5.74, 6) is -5.53. The predicted octanol–water partition coefficient (Wildman–Crippen LogP) is 1.31. The molecule has 0 amide bonds. The van der Waals surface area contributed by atoms with Crippen LogP contribution >= 0.6 is 0 Å². The lowest BCUT2D eigenvalue weighted by Gasteiger charge is -2.04. The van der Waals surface area contributed by atoms with Gasteiger partial charge in [-0.15, -0.1) is 0 Å². The molecule has 0 heterocycles. The standard InChI is InChI=1S/C8H6F3NO2/c9-4-1-3(2-5(13)14)6(10)7(11)8(4)12/h1H,2,12H2,(H,13,14). The number of hydrogen-bond donors (Lipinski definition) is 2. The second-order valence-electron chi connectivity index (χ2n) is 2.63. The Morgan fingerprint density at radius 1 is 1.36 bits per heavy atom. The van der Waals surface area contributed by atoms with Crippen molar-refractivity contribution in [1.82, 2.24) is 0 Å². The lowest BCUT2D eigenvalue weighted by Crippen LogP contribution is -2.07. The maximum atomic E-state index is 12.9. The van der Waals surface area contributed by atoms with Gasteiger partial charge in [-0.25, -0.2) is 13.2 Å². The van der Waals surface area contributed by atoms with Crippen LogP contribution in [0.2, 0.25) is 0 Å². The van der Waals surface area contributed by atoms with Crippen molar-refractivity contribution in [2.75, 3.05) is 5.73 Å². The van der Waals surface area contributed by atoms with Crippen LogP contribution in [0, 0.1) is 17.5 Å². The summed E-state index contributed by atoms with van der Waals surface area (Å²) in [6.45, 7) is 0. The van der Waals surface area contributed by atoms with Crippen LogP contribution in [0.4, 0.5) is 18.9 Å². The highest BCUT2D eigenvalue weighted by Gasteiger charge is 2.17. The normalized spacial score (nSPS) is 10.2. The van der Waals surface area contributed by atoms with Gasteiger partial charge in [-0.1, -0.05) is 0 Å². The van der Waals surface area contributed by atoms with Gasteiger partial charge in [0.05, 0.1) is 6.42 Å². The molecule has 1 rings (SSSR count). The number of halogens is 3. The number of nitrogen functional groups attached to an aromatic ring is 1. The molecule has 6 heteroatoms. The Labute approximate surface area is 77.0 Å². The highest BCUT2D eigenvalue weighted by molar-refractivity contribution is 5.70. The van der Waals surface area contributed by atoms with Crippen molar-refractivity contribution in [2.45, 2.75) is 6.42 Å². The molecule has 0 unspecified atom stereocenters. The molecular weight excluding hydrogens is 199 g/mol. The van der Waals surface area contributed by atoms with Crippen LogP contribution in [0.25, 0.3) is 0 Å². The Morgan fingerprint density at radius 2 is 1.93 bits per heavy atom. The third kappa shape index (κ3) is 1.78. The Hall–Kier alpha value is -1.72. The summed E-state index contributed by atoms with van der Waals surface area (Å²) in [5.41, 5.74) is 3.33. The van der Waals surface area contributed by atoms with Crippen molar-refractivity contribution in [1.29, 1.82) is 0 Å². The highest BCUT2D eigenvalue weighted by atomic mass is 19.2. The van der Waals surface area contributed by atoms with E-state index >= 15 is 0 Å². The molecule has 1 aromatic rings. The lowest BCUT2D eigenvalue weighted by molar-refractivity contribution is -0.136. The molecule has 3 nitrogen and oxygen atoms in total. The summed E-state index contributed by atoms with van der Waals surface area (Å²) >= 11 is 0. The fourth-order valence-corrected chi connectivity index (χ4v) is 0.950. The molecule has 0 atom stereocenters. The minimum atomic E-state index is -1.55. The number of nitrogens with two attached hydrogens (primary N) is 1. The first-order chi connectivity index (χ1) is 6.43. The quantitative estimate of drug-likeness (QED) is 0.565. The van der Waals surface area contributed by atoms with Crippen LogP contribution in [-0.2, 0) is 11.2 Å². The molecule has 1 aromatic carbocycles. The second kappa shape index (κ2) is 3.57. The van der Waals surface area contributed by atoms with Crippen molar-refractivity contribution in [2.24, 2.45) is 0 Å². The Balaban J connectivity index is 3.25. The number of aliphatic carboxylic acids is 1. The van der Waals surface area contributed by atoms with Crippen LogP contribution in [0.3, 0.4) is 0 Å². The van der Waals surface area contributed by atoms with E-state index in [1.807, 2.05) is 0 Å². The molecule has 0 aliphatic rings. The summed E-state index contributed by atoms with van der Waals surface area (Å²) in [4.78, 5) is 10.2. The number of carboxylic acids is 1. The molecule has 0 saturated heterocycles. The number of carbonyl (C=O) groups is 1. The van der Waals surface area contributed by atoms with Gasteiger partial charge in [0.25, 0.3) is 0 Å². The predicted molar refractivity (Wildman–Crippen MR) is 42.1 cm³/mol. The average molecular weight is 205 g/mol. The molecule has 0 fully saturated rings. The monoisotopic (exact) mass is 205 g/mol. The van der Waals surface area contributed by atoms with Gasteiger partial charge in [0.2, 0.25) is 0 Å². The maximum Gasteiger partial charge on any atom is 0.307 e. The van der Waals surface area contributed by atoms with E-state index in [2.05, 4.69) is 0 Å². The van der Waals surface area contributed by atoms with Crippen LogP contribution in [0.1, 0.15) is 5.56 Å². The molecule has 0 saturated carbocycles. The summed E-state index contributed by atoms with van der Waals surface area (Å²) < 4.78 is 38.4. The largest absolute Gasteiger partial charge is 0.481 e. The average Bonchev–Trinajstić information content (AvgIpc) is 2.10. The molecule has 14 heavy (non-hydrogen) atoms. The van der Waals surface area contributed by atoms with Crippen LogP contribution < -0.4 is 5.73 Å². The van der Waals surface area contributed by atoms with Crippen molar-refractivity contribution in [3.63, 3.8) is 0 Å². The summed E-state index contributed by atoms with van der Waals surface area (Å²) in [6, 6.07) is 0.571. The first kappa shape index (κ1) is 10.4. The second-order valence-corrected chi connectivity index (χ2v) is 2.63. The molecule has 3 N–H and O–H groups in total. The van der Waals surface area contributed by atoms with E-state index in [1.165, 1.54) is 0 Å². The van der Waals surface area contributed by atoms with Gasteiger partial charge in [0.1, 0.15) is 11.5 Å².